The molecular formula is C14H11ClO5S. The summed E-state index contributed by atoms with van der Waals surface area (Å²) >= 11 is 5.76. The summed E-state index contributed by atoms with van der Waals surface area (Å²) in [5.41, 5.74) is 0.574. The molecule has 2 aromatic carbocycles. The second-order valence-corrected chi connectivity index (χ2v) is 6.03. The van der Waals surface area contributed by atoms with Gasteiger partial charge in [-0.05, 0) is 36.4 Å². The van der Waals surface area contributed by atoms with Gasteiger partial charge in [-0.25, -0.2) is 0 Å². The third-order valence-corrected chi connectivity index (χ3v) is 3.92. The minimum atomic E-state index is -4.36. The normalized spacial score (nSPS) is 11.2. The standard InChI is InChI=1S/C14H11ClO5S/c1-20-13-8-11(21(17,18)19)6-7-12(13)14(16)9-2-4-10(15)5-3-9/h2-8H,1H3,(H,17,18,19). The van der Waals surface area contributed by atoms with Crippen molar-refractivity contribution in [3.8, 4) is 5.75 Å². The number of hydrogen-bond donors (Lipinski definition) is 1. The van der Waals surface area contributed by atoms with Crippen molar-refractivity contribution in [3.05, 3.63) is 58.6 Å². The van der Waals surface area contributed by atoms with Gasteiger partial charge < -0.3 is 4.74 Å². The van der Waals surface area contributed by atoms with Crippen molar-refractivity contribution < 1.29 is 22.5 Å². The van der Waals surface area contributed by atoms with E-state index < -0.39 is 10.1 Å². The summed E-state index contributed by atoms with van der Waals surface area (Å²) in [6.45, 7) is 0. The van der Waals surface area contributed by atoms with Crippen LogP contribution in [-0.2, 0) is 10.1 Å². The minimum Gasteiger partial charge on any atom is -0.496 e. The van der Waals surface area contributed by atoms with Crippen LogP contribution in [-0.4, -0.2) is 25.9 Å². The number of methoxy groups -OCH3 is 1. The first-order chi connectivity index (χ1) is 9.82. The van der Waals surface area contributed by atoms with Gasteiger partial charge in [-0.15, -0.1) is 0 Å². The summed E-state index contributed by atoms with van der Waals surface area (Å²) in [5, 5.41) is 0.500. The second kappa shape index (κ2) is 5.85. The van der Waals surface area contributed by atoms with Gasteiger partial charge in [0.2, 0.25) is 0 Å². The Kier molecular flexibility index (Phi) is 4.32. The van der Waals surface area contributed by atoms with Crippen molar-refractivity contribution in [1.29, 1.82) is 0 Å². The SMILES string of the molecule is COc1cc(S(=O)(=O)O)ccc1C(=O)c1ccc(Cl)cc1. The van der Waals surface area contributed by atoms with Crippen LogP contribution < -0.4 is 4.74 Å². The maximum atomic E-state index is 12.4. The largest absolute Gasteiger partial charge is 0.496 e. The van der Waals surface area contributed by atoms with Crippen LogP contribution in [0.3, 0.4) is 0 Å². The number of carbonyl (C=O) groups is 1. The molecule has 0 aliphatic rings. The quantitative estimate of drug-likeness (QED) is 0.690. The lowest BCUT2D eigenvalue weighted by Gasteiger charge is -2.09. The number of carbonyl (C=O) groups excluding carboxylic acids is 1. The lowest BCUT2D eigenvalue weighted by molar-refractivity contribution is 0.103. The molecule has 0 amide bonds. The molecule has 1 N–H and O–H groups in total. The minimum absolute atomic E-state index is 0.0603. The van der Waals surface area contributed by atoms with E-state index in [1.165, 1.54) is 13.2 Å². The lowest BCUT2D eigenvalue weighted by Crippen LogP contribution is -2.06. The highest BCUT2D eigenvalue weighted by molar-refractivity contribution is 7.85. The maximum absolute atomic E-state index is 12.4. The van der Waals surface area contributed by atoms with Crippen LogP contribution in [0.4, 0.5) is 0 Å². The van der Waals surface area contributed by atoms with Crippen LogP contribution in [0.1, 0.15) is 15.9 Å². The Morgan fingerprint density at radius 3 is 2.29 bits per heavy atom. The third-order valence-electron chi connectivity index (χ3n) is 2.82. The molecule has 0 fully saturated rings. The third kappa shape index (κ3) is 3.41. The fraction of sp³-hybridized carbons (Fsp3) is 0.0714. The van der Waals surface area contributed by atoms with Gasteiger partial charge in [0.25, 0.3) is 10.1 Å². The molecule has 0 aliphatic carbocycles. The van der Waals surface area contributed by atoms with Crippen molar-refractivity contribution in [2.24, 2.45) is 0 Å². The average Bonchev–Trinajstić information content (AvgIpc) is 2.45. The highest BCUT2D eigenvalue weighted by Gasteiger charge is 2.18. The zero-order valence-corrected chi connectivity index (χ0v) is 12.5. The van der Waals surface area contributed by atoms with Crippen molar-refractivity contribution in [2.75, 3.05) is 7.11 Å². The molecule has 0 heterocycles. The predicted octanol–water partition coefficient (Wildman–Crippen LogP) is 2.83. The maximum Gasteiger partial charge on any atom is 0.294 e. The number of benzene rings is 2. The lowest BCUT2D eigenvalue weighted by atomic mass is 10.0. The van der Waals surface area contributed by atoms with Gasteiger partial charge in [0.1, 0.15) is 5.75 Å². The summed E-state index contributed by atoms with van der Waals surface area (Å²) in [5.74, 6) is -0.282. The molecule has 0 saturated carbocycles. The van der Waals surface area contributed by atoms with Crippen LogP contribution in [0.25, 0.3) is 0 Å². The second-order valence-electron chi connectivity index (χ2n) is 4.17. The molecule has 5 nitrogen and oxygen atoms in total. The number of halogens is 1. The van der Waals surface area contributed by atoms with E-state index in [-0.39, 0.29) is 22.0 Å². The van der Waals surface area contributed by atoms with Gasteiger partial charge in [-0.2, -0.15) is 8.42 Å². The number of ketones is 1. The Balaban J connectivity index is 2.49. The molecule has 0 radical (unpaired) electrons. The van der Waals surface area contributed by atoms with Crippen molar-refractivity contribution in [1.82, 2.24) is 0 Å². The van der Waals surface area contributed by atoms with Gasteiger partial charge in [0.05, 0.1) is 17.6 Å². The Hall–Kier alpha value is -1.89. The Bertz CT molecular complexity index is 782. The first kappa shape index (κ1) is 15.5. The van der Waals surface area contributed by atoms with Gasteiger partial charge in [0, 0.05) is 16.7 Å². The Labute approximate surface area is 126 Å². The van der Waals surface area contributed by atoms with Crippen LogP contribution in [0.5, 0.6) is 5.75 Å². The van der Waals surface area contributed by atoms with E-state index in [2.05, 4.69) is 0 Å². The fourth-order valence-electron chi connectivity index (χ4n) is 1.78. The van der Waals surface area contributed by atoms with Gasteiger partial charge in [-0.3, -0.25) is 9.35 Å². The zero-order valence-electron chi connectivity index (χ0n) is 10.9. The summed E-state index contributed by atoms with van der Waals surface area (Å²) in [6.07, 6.45) is 0. The molecule has 0 aliphatic heterocycles. The van der Waals surface area contributed by atoms with Crippen molar-refractivity contribution in [2.45, 2.75) is 4.90 Å². The molecule has 0 saturated heterocycles. The van der Waals surface area contributed by atoms with Crippen LogP contribution in [0.15, 0.2) is 47.4 Å². The van der Waals surface area contributed by atoms with Crippen molar-refractivity contribution >= 4 is 27.5 Å². The van der Waals surface area contributed by atoms with Gasteiger partial charge in [0.15, 0.2) is 5.78 Å². The zero-order chi connectivity index (χ0) is 15.6. The van der Waals surface area contributed by atoms with E-state index in [4.69, 9.17) is 20.9 Å². The Morgan fingerprint density at radius 2 is 1.76 bits per heavy atom. The van der Waals surface area contributed by atoms with E-state index >= 15 is 0 Å². The van der Waals surface area contributed by atoms with Crippen LogP contribution >= 0.6 is 11.6 Å². The smallest absolute Gasteiger partial charge is 0.294 e. The molecule has 2 aromatic rings. The topological polar surface area (TPSA) is 80.7 Å². The number of hydrogen-bond acceptors (Lipinski definition) is 4. The highest BCUT2D eigenvalue weighted by Crippen LogP contribution is 2.25. The monoisotopic (exact) mass is 326 g/mol. The summed E-state index contributed by atoms with van der Waals surface area (Å²) in [7, 11) is -3.05. The highest BCUT2D eigenvalue weighted by atomic mass is 35.5. The molecule has 7 heteroatoms. The summed E-state index contributed by atoms with van der Waals surface area (Å²) in [6, 6.07) is 9.79. The van der Waals surface area contributed by atoms with E-state index in [0.717, 1.165) is 12.1 Å². The molecular weight excluding hydrogens is 316 g/mol. The first-order valence-electron chi connectivity index (χ1n) is 5.78. The summed E-state index contributed by atoms with van der Waals surface area (Å²) in [4.78, 5) is 12.0. The molecule has 0 unspecified atom stereocenters. The molecule has 110 valence electrons. The molecule has 2 rings (SSSR count). The first-order valence-corrected chi connectivity index (χ1v) is 7.60. The van der Waals surface area contributed by atoms with E-state index in [9.17, 15) is 13.2 Å². The molecule has 0 spiro atoms. The van der Waals surface area contributed by atoms with Gasteiger partial charge in [-0.1, -0.05) is 11.6 Å². The predicted molar refractivity (Wildman–Crippen MR) is 77.7 cm³/mol. The molecule has 0 bridgehead atoms. The summed E-state index contributed by atoms with van der Waals surface area (Å²) < 4.78 is 36.2. The van der Waals surface area contributed by atoms with E-state index in [0.29, 0.717) is 10.6 Å². The van der Waals surface area contributed by atoms with E-state index in [1.54, 1.807) is 24.3 Å². The number of ether oxygens (including phenoxy) is 1. The van der Waals surface area contributed by atoms with Gasteiger partial charge >= 0.3 is 0 Å². The molecule has 21 heavy (non-hydrogen) atoms. The average molecular weight is 327 g/mol. The fourth-order valence-corrected chi connectivity index (χ4v) is 2.40. The molecule has 0 atom stereocenters. The molecule has 0 aromatic heterocycles. The van der Waals surface area contributed by atoms with Crippen molar-refractivity contribution in [3.63, 3.8) is 0 Å². The van der Waals surface area contributed by atoms with Crippen LogP contribution in [0, 0.1) is 0 Å². The van der Waals surface area contributed by atoms with Crippen LogP contribution in [0.2, 0.25) is 5.02 Å². The Morgan fingerprint density at radius 1 is 1.14 bits per heavy atom. The number of rotatable bonds is 4. The van der Waals surface area contributed by atoms with E-state index in [1.807, 2.05) is 0 Å².